The molecule has 4 nitrogen and oxygen atoms in total. The molecular formula is C58H117NO3. The number of unbranched alkanes of at least 4 members (excludes halogenated alkanes) is 48. The Balaban J connectivity index is 3.39. The van der Waals surface area contributed by atoms with Crippen LogP contribution in [0, 0.1) is 0 Å². The summed E-state index contributed by atoms with van der Waals surface area (Å²) in [6.07, 6.45) is 69.6. The Kier molecular flexibility index (Phi) is 54.2. The maximum absolute atomic E-state index is 12.5. The first-order valence-corrected chi connectivity index (χ1v) is 29.2. The second kappa shape index (κ2) is 54.7. The number of carbonyl (C=O) groups excluding carboxylic acids is 1. The van der Waals surface area contributed by atoms with Crippen LogP contribution in [0.1, 0.15) is 348 Å². The van der Waals surface area contributed by atoms with Gasteiger partial charge in [-0.15, -0.1) is 0 Å². The van der Waals surface area contributed by atoms with E-state index in [1.54, 1.807) is 0 Å². The van der Waals surface area contributed by atoms with E-state index in [0.717, 1.165) is 25.7 Å². The standard InChI is InChI=1S/C58H117NO3/c1-3-5-7-9-11-13-15-17-19-21-23-25-27-28-29-30-31-32-33-35-37-39-41-43-45-47-49-51-53-57(61)56(55-60)59-58(62)54-52-50-48-46-44-42-40-38-36-34-26-24-22-20-18-16-14-12-10-8-6-4-2/h56-57,60-61H,3-55H2,1-2H3,(H,59,62). The van der Waals surface area contributed by atoms with Crippen LogP contribution in [0.5, 0.6) is 0 Å². The van der Waals surface area contributed by atoms with Crippen molar-refractivity contribution in [3.63, 3.8) is 0 Å². The average molecular weight is 877 g/mol. The fraction of sp³-hybridized carbons (Fsp3) is 0.983. The molecule has 1 amide bonds. The zero-order chi connectivity index (χ0) is 44.9. The Morgan fingerprint density at radius 1 is 0.323 bits per heavy atom. The van der Waals surface area contributed by atoms with Crippen molar-refractivity contribution in [2.45, 2.75) is 360 Å². The lowest BCUT2D eigenvalue weighted by Gasteiger charge is -2.22. The van der Waals surface area contributed by atoms with Crippen molar-refractivity contribution in [3.8, 4) is 0 Å². The molecule has 0 saturated carbocycles. The highest BCUT2D eigenvalue weighted by molar-refractivity contribution is 5.76. The molecule has 0 aliphatic carbocycles. The monoisotopic (exact) mass is 876 g/mol. The number of nitrogens with one attached hydrogen (secondary N) is 1. The van der Waals surface area contributed by atoms with Crippen LogP contribution in [-0.4, -0.2) is 34.9 Å². The van der Waals surface area contributed by atoms with Gasteiger partial charge >= 0.3 is 0 Å². The highest BCUT2D eigenvalue weighted by Gasteiger charge is 2.20. The Morgan fingerprint density at radius 2 is 0.516 bits per heavy atom. The van der Waals surface area contributed by atoms with E-state index in [-0.39, 0.29) is 12.5 Å². The maximum atomic E-state index is 12.5. The summed E-state index contributed by atoms with van der Waals surface area (Å²) < 4.78 is 0. The summed E-state index contributed by atoms with van der Waals surface area (Å²) in [7, 11) is 0. The van der Waals surface area contributed by atoms with Crippen molar-refractivity contribution in [3.05, 3.63) is 0 Å². The molecule has 0 aromatic heterocycles. The third-order valence-corrected chi connectivity index (χ3v) is 14.1. The predicted octanol–water partition coefficient (Wildman–Crippen LogP) is 19.1. The SMILES string of the molecule is CCCCCCCCCCCCCCCCCCCCCCCCCCCCCCC(O)C(CO)NC(=O)CCCCCCCCCCCCCCCCCCCCCCCC. The molecule has 0 radical (unpaired) electrons. The van der Waals surface area contributed by atoms with Gasteiger partial charge in [0.15, 0.2) is 0 Å². The van der Waals surface area contributed by atoms with Gasteiger partial charge in [0.2, 0.25) is 5.91 Å². The van der Waals surface area contributed by atoms with Gasteiger partial charge in [-0.05, 0) is 12.8 Å². The Labute approximate surface area is 391 Å². The third-order valence-electron chi connectivity index (χ3n) is 14.1. The molecule has 0 spiro atoms. The highest BCUT2D eigenvalue weighted by atomic mass is 16.3. The summed E-state index contributed by atoms with van der Waals surface area (Å²) in [5.41, 5.74) is 0. The topological polar surface area (TPSA) is 69.6 Å². The van der Waals surface area contributed by atoms with Gasteiger partial charge in [0, 0.05) is 6.42 Å². The molecule has 0 rings (SSSR count). The highest BCUT2D eigenvalue weighted by Crippen LogP contribution is 2.19. The molecule has 0 heterocycles. The molecule has 62 heavy (non-hydrogen) atoms. The van der Waals surface area contributed by atoms with Crippen LogP contribution in [0.25, 0.3) is 0 Å². The summed E-state index contributed by atoms with van der Waals surface area (Å²) >= 11 is 0. The summed E-state index contributed by atoms with van der Waals surface area (Å²) in [6, 6.07) is -0.531. The zero-order valence-electron chi connectivity index (χ0n) is 42.9. The second-order valence-corrected chi connectivity index (χ2v) is 20.4. The number of aliphatic hydroxyl groups is 2. The minimum atomic E-state index is -0.655. The summed E-state index contributed by atoms with van der Waals surface area (Å²) in [5, 5.41) is 23.4. The first-order valence-electron chi connectivity index (χ1n) is 29.2. The predicted molar refractivity (Wildman–Crippen MR) is 276 cm³/mol. The number of carbonyl (C=O) groups is 1. The second-order valence-electron chi connectivity index (χ2n) is 20.4. The molecule has 0 aromatic rings. The van der Waals surface area contributed by atoms with Crippen LogP contribution < -0.4 is 5.32 Å². The molecule has 0 aliphatic rings. The van der Waals surface area contributed by atoms with Crippen molar-refractivity contribution < 1.29 is 15.0 Å². The van der Waals surface area contributed by atoms with E-state index < -0.39 is 12.1 Å². The Hall–Kier alpha value is -0.610. The fourth-order valence-electron chi connectivity index (χ4n) is 9.66. The molecular weight excluding hydrogens is 759 g/mol. The minimum absolute atomic E-state index is 0.0216. The molecule has 372 valence electrons. The van der Waals surface area contributed by atoms with E-state index in [1.165, 1.54) is 295 Å². The van der Waals surface area contributed by atoms with Gasteiger partial charge in [0.1, 0.15) is 0 Å². The lowest BCUT2D eigenvalue weighted by Crippen LogP contribution is -2.45. The number of hydrogen-bond acceptors (Lipinski definition) is 3. The molecule has 0 fully saturated rings. The lowest BCUT2D eigenvalue weighted by atomic mass is 10.0. The van der Waals surface area contributed by atoms with Gasteiger partial charge in [0.05, 0.1) is 18.8 Å². The van der Waals surface area contributed by atoms with Gasteiger partial charge in [-0.3, -0.25) is 4.79 Å². The van der Waals surface area contributed by atoms with Gasteiger partial charge in [-0.1, -0.05) is 328 Å². The Bertz CT molecular complexity index is 819. The minimum Gasteiger partial charge on any atom is -0.394 e. The van der Waals surface area contributed by atoms with Crippen molar-refractivity contribution in [2.24, 2.45) is 0 Å². The number of hydrogen-bond donors (Lipinski definition) is 3. The molecule has 0 aliphatic heterocycles. The number of rotatable bonds is 55. The molecule has 2 unspecified atom stereocenters. The average Bonchev–Trinajstić information content (AvgIpc) is 3.28. The van der Waals surface area contributed by atoms with Gasteiger partial charge in [0.25, 0.3) is 0 Å². The molecule has 3 N–H and O–H groups in total. The van der Waals surface area contributed by atoms with Crippen molar-refractivity contribution in [1.82, 2.24) is 5.32 Å². The first-order chi connectivity index (χ1) is 30.7. The number of amides is 1. The smallest absolute Gasteiger partial charge is 0.220 e. The quantitative estimate of drug-likeness (QED) is 0.0533. The van der Waals surface area contributed by atoms with E-state index in [9.17, 15) is 15.0 Å². The molecule has 0 bridgehead atoms. The van der Waals surface area contributed by atoms with E-state index >= 15 is 0 Å². The molecule has 0 saturated heterocycles. The van der Waals surface area contributed by atoms with Gasteiger partial charge in [-0.25, -0.2) is 0 Å². The van der Waals surface area contributed by atoms with Crippen molar-refractivity contribution in [1.29, 1.82) is 0 Å². The van der Waals surface area contributed by atoms with Crippen LogP contribution >= 0.6 is 0 Å². The van der Waals surface area contributed by atoms with E-state index in [2.05, 4.69) is 19.2 Å². The Morgan fingerprint density at radius 3 is 0.726 bits per heavy atom. The third kappa shape index (κ3) is 50.4. The summed E-state index contributed by atoms with van der Waals surface area (Å²) in [4.78, 5) is 12.5. The molecule has 4 heteroatoms. The molecule has 0 aromatic carbocycles. The lowest BCUT2D eigenvalue weighted by molar-refractivity contribution is -0.123. The van der Waals surface area contributed by atoms with Crippen molar-refractivity contribution in [2.75, 3.05) is 6.61 Å². The largest absolute Gasteiger partial charge is 0.394 e. The normalized spacial score (nSPS) is 12.6. The van der Waals surface area contributed by atoms with Crippen LogP contribution in [0.2, 0.25) is 0 Å². The fourth-order valence-corrected chi connectivity index (χ4v) is 9.66. The van der Waals surface area contributed by atoms with Crippen LogP contribution in [0.4, 0.5) is 0 Å². The summed E-state index contributed by atoms with van der Waals surface area (Å²) in [6.45, 7) is 4.41. The van der Waals surface area contributed by atoms with Crippen molar-refractivity contribution >= 4 is 5.91 Å². The van der Waals surface area contributed by atoms with Crippen LogP contribution in [0.15, 0.2) is 0 Å². The molecule has 2 atom stereocenters. The first kappa shape index (κ1) is 61.4. The van der Waals surface area contributed by atoms with E-state index in [4.69, 9.17) is 0 Å². The van der Waals surface area contributed by atoms with Gasteiger partial charge < -0.3 is 15.5 Å². The van der Waals surface area contributed by atoms with Gasteiger partial charge in [-0.2, -0.15) is 0 Å². The van der Waals surface area contributed by atoms with E-state index in [0.29, 0.717) is 12.8 Å². The zero-order valence-corrected chi connectivity index (χ0v) is 42.9. The maximum Gasteiger partial charge on any atom is 0.220 e. The van der Waals surface area contributed by atoms with E-state index in [1.807, 2.05) is 0 Å². The van der Waals surface area contributed by atoms with Crippen LogP contribution in [-0.2, 0) is 4.79 Å². The summed E-state index contributed by atoms with van der Waals surface area (Å²) in [5.74, 6) is -0.0216. The van der Waals surface area contributed by atoms with Crippen LogP contribution in [0.3, 0.4) is 0 Å². The number of aliphatic hydroxyl groups excluding tert-OH is 2.